The normalized spacial score (nSPS) is 22.9. The predicted octanol–water partition coefficient (Wildman–Crippen LogP) is -0.233. The van der Waals surface area contributed by atoms with E-state index in [9.17, 15) is 13.2 Å². The number of hydrogen-bond acceptors (Lipinski definition) is 7. The van der Waals surface area contributed by atoms with Crippen molar-refractivity contribution in [2.75, 3.05) is 62.8 Å². The Hall–Kier alpha value is -1.71. The Labute approximate surface area is 154 Å². The van der Waals surface area contributed by atoms with Crippen molar-refractivity contribution in [1.29, 1.82) is 0 Å². The predicted molar refractivity (Wildman–Crippen MR) is 99.3 cm³/mol. The minimum absolute atomic E-state index is 0.0681. The first-order valence-electron chi connectivity index (χ1n) is 8.91. The number of aromatic nitrogens is 1. The maximum Gasteiger partial charge on any atom is 0.252 e. The fraction of sp³-hybridized carbons (Fsp3) is 0.647. The molecule has 2 aliphatic heterocycles. The van der Waals surface area contributed by atoms with Gasteiger partial charge in [0, 0.05) is 45.5 Å². The summed E-state index contributed by atoms with van der Waals surface area (Å²) < 4.78 is 28.7. The molecule has 2 fully saturated rings. The molecule has 1 N–H and O–H groups in total. The van der Waals surface area contributed by atoms with Crippen LogP contribution in [0.5, 0.6) is 0 Å². The van der Waals surface area contributed by atoms with Crippen molar-refractivity contribution in [2.24, 2.45) is 0 Å². The van der Waals surface area contributed by atoms with Gasteiger partial charge in [-0.1, -0.05) is 0 Å². The number of morpholine rings is 1. The second-order valence-electron chi connectivity index (χ2n) is 6.81. The number of nitrogens with one attached hydrogen (secondary N) is 1. The van der Waals surface area contributed by atoms with Crippen molar-refractivity contribution in [2.45, 2.75) is 12.5 Å². The summed E-state index contributed by atoms with van der Waals surface area (Å²) in [6, 6.07) is 1.70. The number of nitrogens with zero attached hydrogens (tertiary/aromatic N) is 3. The van der Waals surface area contributed by atoms with Gasteiger partial charge >= 0.3 is 0 Å². The molecule has 0 bridgehead atoms. The minimum atomic E-state index is -2.95. The molecule has 0 aromatic carbocycles. The zero-order valence-electron chi connectivity index (χ0n) is 15.1. The first kappa shape index (κ1) is 19.1. The maximum absolute atomic E-state index is 12.4. The van der Waals surface area contributed by atoms with E-state index in [1.54, 1.807) is 12.3 Å². The van der Waals surface area contributed by atoms with Gasteiger partial charge in [-0.25, -0.2) is 8.42 Å². The van der Waals surface area contributed by atoms with Crippen LogP contribution in [0.3, 0.4) is 0 Å². The Kier molecular flexibility index (Phi) is 6.10. The van der Waals surface area contributed by atoms with E-state index in [2.05, 4.69) is 15.2 Å². The van der Waals surface area contributed by atoms with Gasteiger partial charge in [0.2, 0.25) is 0 Å². The molecule has 1 unspecified atom stereocenters. The summed E-state index contributed by atoms with van der Waals surface area (Å²) in [5.74, 6) is 0.205. The molecule has 1 aromatic heterocycles. The van der Waals surface area contributed by atoms with Crippen LogP contribution in [0.25, 0.3) is 0 Å². The van der Waals surface area contributed by atoms with Crippen LogP contribution in [0.15, 0.2) is 18.5 Å². The molecule has 3 rings (SSSR count). The molecule has 9 heteroatoms. The fourth-order valence-electron chi connectivity index (χ4n) is 3.29. The second kappa shape index (κ2) is 8.32. The average Bonchev–Trinajstić information content (AvgIpc) is 3.02. The molecule has 1 amide bonds. The summed E-state index contributed by atoms with van der Waals surface area (Å²) in [6.45, 7) is 4.62. The van der Waals surface area contributed by atoms with Gasteiger partial charge in [0.05, 0.1) is 42.2 Å². The van der Waals surface area contributed by atoms with Crippen molar-refractivity contribution in [3.63, 3.8) is 0 Å². The van der Waals surface area contributed by atoms with E-state index in [0.717, 1.165) is 38.5 Å². The average molecular weight is 382 g/mol. The van der Waals surface area contributed by atoms with Crippen molar-refractivity contribution in [3.8, 4) is 0 Å². The first-order valence-corrected chi connectivity index (χ1v) is 10.7. The largest absolute Gasteiger partial charge is 0.379 e. The van der Waals surface area contributed by atoms with Gasteiger partial charge in [-0.2, -0.15) is 0 Å². The molecule has 0 saturated carbocycles. The van der Waals surface area contributed by atoms with E-state index >= 15 is 0 Å². The van der Waals surface area contributed by atoms with E-state index in [1.165, 1.54) is 6.20 Å². The van der Waals surface area contributed by atoms with Crippen LogP contribution >= 0.6 is 0 Å². The quantitative estimate of drug-likeness (QED) is 0.726. The molecular weight excluding hydrogens is 356 g/mol. The van der Waals surface area contributed by atoms with Crippen LogP contribution in [0.2, 0.25) is 0 Å². The first-order chi connectivity index (χ1) is 12.4. The third-order valence-electron chi connectivity index (χ3n) is 4.97. The molecule has 1 atom stereocenters. The monoisotopic (exact) mass is 382 g/mol. The second-order valence-corrected chi connectivity index (χ2v) is 9.04. The molecule has 0 aliphatic carbocycles. The lowest BCUT2D eigenvalue weighted by Gasteiger charge is -2.26. The molecule has 3 heterocycles. The Morgan fingerprint density at radius 2 is 2.15 bits per heavy atom. The summed E-state index contributed by atoms with van der Waals surface area (Å²) in [4.78, 5) is 20.7. The van der Waals surface area contributed by atoms with Crippen LogP contribution in [0.4, 0.5) is 5.69 Å². The fourth-order valence-corrected chi connectivity index (χ4v) is 5.07. The SMILES string of the molecule is CN(c1cncc(C(=O)NCCN2CCOCC2)c1)C1CCS(=O)(=O)C1. The van der Waals surface area contributed by atoms with Crippen LogP contribution in [0.1, 0.15) is 16.8 Å². The van der Waals surface area contributed by atoms with Crippen LogP contribution in [-0.4, -0.2) is 88.2 Å². The van der Waals surface area contributed by atoms with E-state index in [0.29, 0.717) is 18.5 Å². The number of amides is 1. The maximum atomic E-state index is 12.4. The van der Waals surface area contributed by atoms with Gasteiger partial charge in [0.25, 0.3) is 5.91 Å². The zero-order chi connectivity index (χ0) is 18.6. The highest BCUT2D eigenvalue weighted by Crippen LogP contribution is 2.22. The highest BCUT2D eigenvalue weighted by atomic mass is 32.2. The van der Waals surface area contributed by atoms with Crippen molar-refractivity contribution in [3.05, 3.63) is 24.0 Å². The van der Waals surface area contributed by atoms with Crippen molar-refractivity contribution < 1.29 is 17.9 Å². The Balaban J connectivity index is 1.55. The van der Waals surface area contributed by atoms with Crippen molar-refractivity contribution >= 4 is 21.4 Å². The molecule has 1 aromatic rings. The van der Waals surface area contributed by atoms with Gasteiger partial charge in [0.1, 0.15) is 0 Å². The lowest BCUT2D eigenvalue weighted by Crippen LogP contribution is -2.41. The molecule has 0 radical (unpaired) electrons. The number of carbonyl (C=O) groups excluding carboxylic acids is 1. The standard InChI is InChI=1S/C17H26N4O4S/c1-20(15-2-9-26(23,24)13-15)16-10-14(11-18-12-16)17(22)19-3-4-21-5-7-25-8-6-21/h10-12,15H,2-9,13H2,1H3,(H,19,22). The van der Waals surface area contributed by atoms with E-state index in [4.69, 9.17) is 4.74 Å². The topological polar surface area (TPSA) is 91.8 Å². The molecule has 0 spiro atoms. The van der Waals surface area contributed by atoms with E-state index < -0.39 is 9.84 Å². The molecule has 26 heavy (non-hydrogen) atoms. The Morgan fingerprint density at radius 1 is 1.38 bits per heavy atom. The van der Waals surface area contributed by atoms with Crippen LogP contribution < -0.4 is 10.2 Å². The lowest BCUT2D eigenvalue weighted by molar-refractivity contribution is 0.0383. The number of carbonyl (C=O) groups is 1. The number of ether oxygens (including phenoxy) is 1. The highest BCUT2D eigenvalue weighted by Gasteiger charge is 2.31. The molecule has 8 nitrogen and oxygen atoms in total. The summed E-state index contributed by atoms with van der Waals surface area (Å²) in [5.41, 5.74) is 1.24. The van der Waals surface area contributed by atoms with Gasteiger partial charge in [-0.15, -0.1) is 0 Å². The van der Waals surface area contributed by atoms with Gasteiger partial charge in [-0.05, 0) is 12.5 Å². The molecular formula is C17H26N4O4S. The molecule has 2 aliphatic rings. The summed E-state index contributed by atoms with van der Waals surface area (Å²) in [5, 5.41) is 2.92. The Morgan fingerprint density at radius 3 is 2.85 bits per heavy atom. The molecule has 144 valence electrons. The number of pyridine rings is 1. The summed E-state index contributed by atoms with van der Waals surface area (Å²) >= 11 is 0. The van der Waals surface area contributed by atoms with E-state index in [-0.39, 0.29) is 23.5 Å². The minimum Gasteiger partial charge on any atom is -0.379 e. The van der Waals surface area contributed by atoms with Gasteiger partial charge < -0.3 is 15.0 Å². The Bertz CT molecular complexity index is 734. The third-order valence-corrected chi connectivity index (χ3v) is 6.72. The smallest absolute Gasteiger partial charge is 0.252 e. The van der Waals surface area contributed by atoms with Gasteiger partial charge in [-0.3, -0.25) is 14.7 Å². The van der Waals surface area contributed by atoms with Crippen molar-refractivity contribution in [1.82, 2.24) is 15.2 Å². The highest BCUT2D eigenvalue weighted by molar-refractivity contribution is 7.91. The van der Waals surface area contributed by atoms with Crippen LogP contribution in [0, 0.1) is 0 Å². The molecule has 2 saturated heterocycles. The van der Waals surface area contributed by atoms with Crippen LogP contribution in [-0.2, 0) is 14.6 Å². The summed E-state index contributed by atoms with van der Waals surface area (Å²) in [7, 11) is -1.10. The number of hydrogen-bond donors (Lipinski definition) is 1. The number of sulfone groups is 1. The lowest BCUT2D eigenvalue weighted by atomic mass is 10.2. The third kappa shape index (κ3) is 4.93. The number of rotatable bonds is 6. The number of anilines is 1. The summed E-state index contributed by atoms with van der Waals surface area (Å²) in [6.07, 6.45) is 3.80. The van der Waals surface area contributed by atoms with Gasteiger partial charge in [0.15, 0.2) is 9.84 Å². The zero-order valence-corrected chi connectivity index (χ0v) is 15.9. The van der Waals surface area contributed by atoms with E-state index in [1.807, 2.05) is 11.9 Å².